The van der Waals surface area contributed by atoms with E-state index in [1.165, 1.54) is 0 Å². The van der Waals surface area contributed by atoms with E-state index >= 15 is 0 Å². The molecule has 1 amide bonds. The molecule has 0 spiro atoms. The average Bonchev–Trinajstić information content (AvgIpc) is 2.69. The van der Waals surface area contributed by atoms with Crippen molar-refractivity contribution in [2.45, 2.75) is 25.5 Å². The highest BCUT2D eigenvalue weighted by atomic mass is 35.5. The average molecular weight is 384 g/mol. The summed E-state index contributed by atoms with van der Waals surface area (Å²) >= 11 is 6.16. The maximum absolute atomic E-state index is 13.0. The molecular formula is C21H22ClN3O2. The predicted molar refractivity (Wildman–Crippen MR) is 106 cm³/mol. The Hall–Kier alpha value is -2.55. The number of nitriles is 1. The molecule has 0 radical (unpaired) electrons. The van der Waals surface area contributed by atoms with Crippen molar-refractivity contribution < 1.29 is 9.53 Å². The number of piperidine rings is 1. The van der Waals surface area contributed by atoms with Crippen molar-refractivity contribution in [2.75, 3.05) is 25.0 Å². The van der Waals surface area contributed by atoms with Crippen molar-refractivity contribution in [2.24, 2.45) is 0 Å². The molecule has 3 rings (SSSR count). The highest BCUT2D eigenvalue weighted by Crippen LogP contribution is 2.30. The van der Waals surface area contributed by atoms with Crippen molar-refractivity contribution in [1.29, 1.82) is 5.26 Å². The van der Waals surface area contributed by atoms with Crippen LogP contribution < -0.4 is 4.90 Å². The fourth-order valence-electron chi connectivity index (χ4n) is 3.28. The molecule has 2 aromatic rings. The van der Waals surface area contributed by atoms with Crippen LogP contribution in [0.1, 0.15) is 24.0 Å². The molecule has 0 bridgehead atoms. The van der Waals surface area contributed by atoms with Crippen LogP contribution in [0.15, 0.2) is 48.5 Å². The number of carbonyl (C=O) groups excluding carboxylic acids is 1. The Bertz CT molecular complexity index is 827. The molecular weight excluding hydrogens is 362 g/mol. The molecule has 140 valence electrons. The molecule has 0 atom stereocenters. The summed E-state index contributed by atoms with van der Waals surface area (Å²) in [5, 5.41) is 9.99. The Morgan fingerprint density at radius 1 is 1.26 bits per heavy atom. The SMILES string of the molecule is CN1CCC(N(C(=O)OCc2ccccc2)c2cc(Cl)ccc2C#N)CC1. The van der Waals surface area contributed by atoms with E-state index in [-0.39, 0.29) is 12.6 Å². The van der Waals surface area contributed by atoms with Gasteiger partial charge in [-0.3, -0.25) is 4.90 Å². The molecule has 1 heterocycles. The van der Waals surface area contributed by atoms with Crippen LogP contribution >= 0.6 is 11.6 Å². The summed E-state index contributed by atoms with van der Waals surface area (Å²) in [5.41, 5.74) is 1.84. The first-order chi connectivity index (χ1) is 13.1. The van der Waals surface area contributed by atoms with Gasteiger partial charge >= 0.3 is 6.09 Å². The van der Waals surface area contributed by atoms with Crippen LogP contribution in [0.5, 0.6) is 0 Å². The number of rotatable bonds is 4. The Labute approximate surface area is 164 Å². The van der Waals surface area contributed by atoms with Gasteiger partial charge in [0.25, 0.3) is 0 Å². The van der Waals surface area contributed by atoms with E-state index in [1.807, 2.05) is 30.3 Å². The first kappa shape index (κ1) is 19.2. The molecule has 1 aliphatic heterocycles. The summed E-state index contributed by atoms with van der Waals surface area (Å²) in [4.78, 5) is 16.9. The molecule has 0 N–H and O–H groups in total. The van der Waals surface area contributed by atoms with Gasteiger partial charge in [0.2, 0.25) is 0 Å². The Morgan fingerprint density at radius 3 is 2.63 bits per heavy atom. The third-order valence-corrected chi connectivity index (χ3v) is 5.03. The van der Waals surface area contributed by atoms with Crippen LogP contribution in [0.4, 0.5) is 10.5 Å². The predicted octanol–water partition coefficient (Wildman–Crippen LogP) is 4.45. The van der Waals surface area contributed by atoms with Crippen molar-refractivity contribution in [3.05, 3.63) is 64.7 Å². The number of hydrogen-bond acceptors (Lipinski definition) is 4. The molecule has 0 saturated carbocycles. The number of amides is 1. The molecule has 5 nitrogen and oxygen atoms in total. The third-order valence-electron chi connectivity index (χ3n) is 4.79. The quantitative estimate of drug-likeness (QED) is 0.782. The lowest BCUT2D eigenvalue weighted by Gasteiger charge is -2.37. The summed E-state index contributed by atoms with van der Waals surface area (Å²) in [6.07, 6.45) is 1.18. The minimum absolute atomic E-state index is 0.0324. The molecule has 1 fully saturated rings. The first-order valence-electron chi connectivity index (χ1n) is 8.96. The maximum Gasteiger partial charge on any atom is 0.414 e. The second-order valence-corrected chi connectivity index (χ2v) is 7.15. The molecule has 0 unspecified atom stereocenters. The number of hydrogen-bond donors (Lipinski definition) is 0. The largest absolute Gasteiger partial charge is 0.444 e. The fraction of sp³-hybridized carbons (Fsp3) is 0.333. The molecule has 2 aromatic carbocycles. The molecule has 1 aliphatic rings. The van der Waals surface area contributed by atoms with E-state index < -0.39 is 6.09 Å². The first-order valence-corrected chi connectivity index (χ1v) is 9.34. The lowest BCUT2D eigenvalue weighted by Crippen LogP contribution is -2.47. The number of nitrogens with zero attached hydrogens (tertiary/aromatic N) is 3. The number of benzene rings is 2. The number of anilines is 1. The van der Waals surface area contributed by atoms with Crippen LogP contribution in [0.2, 0.25) is 5.02 Å². The van der Waals surface area contributed by atoms with Gasteiger partial charge in [-0.05, 0) is 56.7 Å². The van der Waals surface area contributed by atoms with E-state index in [4.69, 9.17) is 16.3 Å². The Morgan fingerprint density at radius 2 is 1.96 bits per heavy atom. The van der Waals surface area contributed by atoms with Crippen molar-refractivity contribution in [3.8, 4) is 6.07 Å². The van der Waals surface area contributed by atoms with Gasteiger partial charge < -0.3 is 9.64 Å². The van der Waals surface area contributed by atoms with Crippen molar-refractivity contribution >= 4 is 23.4 Å². The molecule has 0 aliphatic carbocycles. The Kier molecular flexibility index (Phi) is 6.33. The van der Waals surface area contributed by atoms with Crippen LogP contribution in [0.3, 0.4) is 0 Å². The van der Waals surface area contributed by atoms with E-state index in [0.717, 1.165) is 31.5 Å². The molecule has 0 aromatic heterocycles. The highest BCUT2D eigenvalue weighted by Gasteiger charge is 2.31. The number of likely N-dealkylation sites (tertiary alicyclic amines) is 1. The van der Waals surface area contributed by atoms with Crippen molar-refractivity contribution in [1.82, 2.24) is 4.90 Å². The second-order valence-electron chi connectivity index (χ2n) is 6.72. The van der Waals surface area contributed by atoms with Gasteiger partial charge in [-0.15, -0.1) is 0 Å². The van der Waals surface area contributed by atoms with E-state index in [0.29, 0.717) is 16.3 Å². The summed E-state index contributed by atoms with van der Waals surface area (Å²) in [5.74, 6) is 0. The maximum atomic E-state index is 13.0. The summed E-state index contributed by atoms with van der Waals surface area (Å²) in [6.45, 7) is 1.95. The lowest BCUT2D eigenvalue weighted by molar-refractivity contribution is 0.140. The van der Waals surface area contributed by atoms with Gasteiger partial charge in [0.15, 0.2) is 0 Å². The zero-order valence-corrected chi connectivity index (χ0v) is 16.0. The van der Waals surface area contributed by atoms with Crippen LogP contribution in [0.25, 0.3) is 0 Å². The molecule has 1 saturated heterocycles. The second kappa shape index (κ2) is 8.90. The number of halogens is 1. The van der Waals surface area contributed by atoms with E-state index in [1.54, 1.807) is 23.1 Å². The summed E-state index contributed by atoms with van der Waals surface area (Å²) in [7, 11) is 2.06. The zero-order valence-electron chi connectivity index (χ0n) is 15.3. The van der Waals surface area contributed by atoms with E-state index in [2.05, 4.69) is 18.0 Å². The smallest absolute Gasteiger partial charge is 0.414 e. The monoisotopic (exact) mass is 383 g/mol. The topological polar surface area (TPSA) is 56.6 Å². The van der Waals surface area contributed by atoms with Crippen molar-refractivity contribution in [3.63, 3.8) is 0 Å². The minimum atomic E-state index is -0.452. The third kappa shape index (κ3) is 4.79. The molecule has 6 heteroatoms. The summed E-state index contributed by atoms with van der Waals surface area (Å²) < 4.78 is 5.58. The Balaban J connectivity index is 1.87. The van der Waals surface area contributed by atoms with Gasteiger partial charge in [0, 0.05) is 11.1 Å². The number of ether oxygens (including phenoxy) is 1. The van der Waals surface area contributed by atoms with Gasteiger partial charge in [-0.2, -0.15) is 5.26 Å². The van der Waals surface area contributed by atoms with E-state index in [9.17, 15) is 10.1 Å². The normalized spacial score (nSPS) is 15.1. The molecule has 27 heavy (non-hydrogen) atoms. The summed E-state index contributed by atoms with van der Waals surface area (Å²) in [6, 6.07) is 16.6. The fourth-order valence-corrected chi connectivity index (χ4v) is 3.45. The van der Waals surface area contributed by atoms with Gasteiger partial charge in [-0.1, -0.05) is 41.9 Å². The standard InChI is InChI=1S/C21H22ClN3O2/c1-24-11-9-19(10-12-24)25(20-13-18(22)8-7-17(20)14-23)21(26)27-15-16-5-3-2-4-6-16/h2-8,13,19H,9-12,15H2,1H3. The lowest BCUT2D eigenvalue weighted by atomic mass is 10.0. The highest BCUT2D eigenvalue weighted by molar-refractivity contribution is 6.31. The van der Waals surface area contributed by atoms with Gasteiger partial charge in [-0.25, -0.2) is 4.79 Å². The zero-order chi connectivity index (χ0) is 19.2. The van der Waals surface area contributed by atoms with Gasteiger partial charge in [0.1, 0.15) is 12.7 Å². The number of carbonyl (C=O) groups is 1. The van der Waals surface area contributed by atoms with Crippen LogP contribution in [0, 0.1) is 11.3 Å². The minimum Gasteiger partial charge on any atom is -0.444 e. The van der Waals surface area contributed by atoms with Crippen LogP contribution in [-0.2, 0) is 11.3 Å². The van der Waals surface area contributed by atoms with Crippen LogP contribution in [-0.4, -0.2) is 37.2 Å². The van der Waals surface area contributed by atoms with Gasteiger partial charge in [0.05, 0.1) is 11.3 Å².